The zero-order valence-corrected chi connectivity index (χ0v) is 8.19. The molecule has 0 unspecified atom stereocenters. The van der Waals surface area contributed by atoms with E-state index < -0.39 is 0 Å². The Morgan fingerprint density at radius 2 is 2.13 bits per heavy atom. The number of hydrogen-bond acceptors (Lipinski definition) is 3. The number of para-hydroxylation sites is 1. The molecule has 4 heteroatoms. The molecule has 3 rings (SSSR count). The first-order valence-corrected chi connectivity index (χ1v) is 4.70. The summed E-state index contributed by atoms with van der Waals surface area (Å²) in [5.74, 6) is 1.48. The van der Waals surface area contributed by atoms with Gasteiger partial charge in [-0.25, -0.2) is 4.98 Å². The summed E-state index contributed by atoms with van der Waals surface area (Å²) in [6, 6.07) is 7.85. The van der Waals surface area contributed by atoms with Crippen LogP contribution in [0.25, 0.3) is 22.4 Å². The van der Waals surface area contributed by atoms with Crippen molar-refractivity contribution in [1.29, 1.82) is 0 Å². The summed E-state index contributed by atoms with van der Waals surface area (Å²) >= 11 is 0. The molecule has 0 saturated heterocycles. The molecule has 0 amide bonds. The Balaban J connectivity index is 2.27. The van der Waals surface area contributed by atoms with Gasteiger partial charge in [0.25, 0.3) is 0 Å². The molecule has 0 saturated carbocycles. The summed E-state index contributed by atoms with van der Waals surface area (Å²) < 4.78 is 5.42. The highest BCUT2D eigenvalue weighted by Gasteiger charge is 2.10. The number of H-pyrrole nitrogens is 1. The molecule has 1 aromatic carbocycles. The molecule has 0 atom stereocenters. The van der Waals surface area contributed by atoms with E-state index in [1.54, 1.807) is 6.26 Å². The van der Waals surface area contributed by atoms with Gasteiger partial charge in [-0.05, 0) is 13.0 Å². The highest BCUT2D eigenvalue weighted by molar-refractivity contribution is 5.91. The largest absolute Gasteiger partial charge is 0.464 e. The molecule has 2 aromatic heterocycles. The highest BCUT2D eigenvalue weighted by atomic mass is 16.3. The lowest BCUT2D eigenvalue weighted by molar-refractivity contribution is 0.616. The first-order chi connectivity index (χ1) is 7.34. The van der Waals surface area contributed by atoms with Crippen molar-refractivity contribution in [3.8, 4) is 11.4 Å². The van der Waals surface area contributed by atoms with Gasteiger partial charge in [0.1, 0.15) is 17.7 Å². The predicted molar refractivity (Wildman–Crippen MR) is 56.3 cm³/mol. The first-order valence-electron chi connectivity index (χ1n) is 4.70. The number of fused-ring (bicyclic) bond motifs is 1. The smallest absolute Gasteiger partial charge is 0.184 e. The normalized spacial score (nSPS) is 11.0. The monoisotopic (exact) mass is 199 g/mol. The van der Waals surface area contributed by atoms with Crippen LogP contribution in [0.5, 0.6) is 0 Å². The van der Waals surface area contributed by atoms with E-state index in [0.717, 1.165) is 22.4 Å². The van der Waals surface area contributed by atoms with Crippen LogP contribution in [0.15, 0.2) is 34.9 Å². The molecule has 3 aromatic rings. The van der Waals surface area contributed by atoms with E-state index in [4.69, 9.17) is 4.42 Å². The number of benzene rings is 1. The maximum Gasteiger partial charge on any atom is 0.184 e. The molecule has 15 heavy (non-hydrogen) atoms. The second-order valence-corrected chi connectivity index (χ2v) is 3.39. The Hall–Kier alpha value is -2.10. The van der Waals surface area contributed by atoms with Crippen molar-refractivity contribution in [3.63, 3.8) is 0 Å². The van der Waals surface area contributed by atoms with Crippen LogP contribution in [0, 0.1) is 6.92 Å². The topological polar surface area (TPSA) is 54.7 Å². The molecule has 0 aliphatic carbocycles. The summed E-state index contributed by atoms with van der Waals surface area (Å²) in [7, 11) is 0. The van der Waals surface area contributed by atoms with Crippen molar-refractivity contribution < 1.29 is 4.42 Å². The number of aryl methyl sites for hydroxylation is 1. The van der Waals surface area contributed by atoms with Crippen molar-refractivity contribution in [2.75, 3.05) is 0 Å². The Morgan fingerprint density at radius 3 is 2.93 bits per heavy atom. The molecule has 74 valence electrons. The SMILES string of the molecule is Cc1nc(-c2coc3ccccc23)n[nH]1. The second kappa shape index (κ2) is 2.95. The Kier molecular flexibility index (Phi) is 1.62. The molecule has 0 spiro atoms. The lowest BCUT2D eigenvalue weighted by Crippen LogP contribution is -1.77. The van der Waals surface area contributed by atoms with E-state index in [-0.39, 0.29) is 0 Å². The zero-order valence-electron chi connectivity index (χ0n) is 8.19. The van der Waals surface area contributed by atoms with Gasteiger partial charge in [-0.2, -0.15) is 5.10 Å². The van der Waals surface area contributed by atoms with Gasteiger partial charge < -0.3 is 4.42 Å². The summed E-state index contributed by atoms with van der Waals surface area (Å²) in [6.07, 6.45) is 1.69. The summed E-state index contributed by atoms with van der Waals surface area (Å²) in [5, 5.41) is 7.97. The molecular weight excluding hydrogens is 190 g/mol. The van der Waals surface area contributed by atoms with Crippen LogP contribution in [0.4, 0.5) is 0 Å². The summed E-state index contributed by atoms with van der Waals surface area (Å²) in [4.78, 5) is 4.28. The average Bonchev–Trinajstić information content (AvgIpc) is 2.83. The van der Waals surface area contributed by atoms with Crippen molar-refractivity contribution >= 4 is 11.0 Å². The maximum atomic E-state index is 5.42. The fraction of sp³-hybridized carbons (Fsp3) is 0.0909. The Morgan fingerprint density at radius 1 is 1.27 bits per heavy atom. The molecule has 0 bridgehead atoms. The van der Waals surface area contributed by atoms with E-state index in [1.807, 2.05) is 31.2 Å². The maximum absolute atomic E-state index is 5.42. The van der Waals surface area contributed by atoms with Gasteiger partial charge in [0.2, 0.25) is 0 Å². The Labute approximate surface area is 85.9 Å². The zero-order chi connectivity index (χ0) is 10.3. The van der Waals surface area contributed by atoms with E-state index >= 15 is 0 Å². The molecule has 0 aliphatic rings. The van der Waals surface area contributed by atoms with Gasteiger partial charge >= 0.3 is 0 Å². The highest BCUT2D eigenvalue weighted by Crippen LogP contribution is 2.27. The molecule has 1 N–H and O–H groups in total. The minimum atomic E-state index is 0.678. The van der Waals surface area contributed by atoms with Crippen LogP contribution in [0.3, 0.4) is 0 Å². The molecular formula is C11H9N3O. The van der Waals surface area contributed by atoms with Gasteiger partial charge in [0, 0.05) is 5.39 Å². The minimum Gasteiger partial charge on any atom is -0.464 e. The standard InChI is InChI=1S/C11H9N3O/c1-7-12-11(14-13-7)9-6-15-10-5-3-2-4-8(9)10/h2-6H,1H3,(H,12,13,14). The fourth-order valence-corrected chi connectivity index (χ4v) is 1.61. The van der Waals surface area contributed by atoms with E-state index in [2.05, 4.69) is 15.2 Å². The Bertz CT molecular complexity index is 609. The van der Waals surface area contributed by atoms with Crippen LogP contribution >= 0.6 is 0 Å². The third kappa shape index (κ3) is 1.22. The molecule has 0 aliphatic heterocycles. The minimum absolute atomic E-state index is 0.678. The number of nitrogens with one attached hydrogen (secondary N) is 1. The molecule has 0 radical (unpaired) electrons. The van der Waals surface area contributed by atoms with Crippen LogP contribution in [0.2, 0.25) is 0 Å². The first kappa shape index (κ1) is 8.23. The number of aromatic nitrogens is 3. The number of rotatable bonds is 1. The number of aromatic amines is 1. The van der Waals surface area contributed by atoms with Gasteiger partial charge in [-0.1, -0.05) is 18.2 Å². The molecule has 2 heterocycles. The van der Waals surface area contributed by atoms with Crippen LogP contribution in [0.1, 0.15) is 5.82 Å². The van der Waals surface area contributed by atoms with E-state index in [1.165, 1.54) is 0 Å². The number of furan rings is 1. The van der Waals surface area contributed by atoms with Crippen LogP contribution in [-0.2, 0) is 0 Å². The molecule has 4 nitrogen and oxygen atoms in total. The quantitative estimate of drug-likeness (QED) is 0.655. The third-order valence-electron chi connectivity index (χ3n) is 2.32. The second-order valence-electron chi connectivity index (χ2n) is 3.39. The van der Waals surface area contributed by atoms with Crippen LogP contribution < -0.4 is 0 Å². The van der Waals surface area contributed by atoms with Gasteiger partial charge in [0.05, 0.1) is 5.56 Å². The third-order valence-corrected chi connectivity index (χ3v) is 2.32. The molecule has 0 fully saturated rings. The van der Waals surface area contributed by atoms with E-state index in [0.29, 0.717) is 5.82 Å². The average molecular weight is 199 g/mol. The van der Waals surface area contributed by atoms with E-state index in [9.17, 15) is 0 Å². The van der Waals surface area contributed by atoms with Crippen molar-refractivity contribution in [2.24, 2.45) is 0 Å². The summed E-state index contributed by atoms with van der Waals surface area (Å²) in [6.45, 7) is 1.87. The lowest BCUT2D eigenvalue weighted by atomic mass is 10.2. The predicted octanol–water partition coefficient (Wildman–Crippen LogP) is 2.53. The van der Waals surface area contributed by atoms with Gasteiger partial charge in [-0.3, -0.25) is 5.10 Å². The number of nitrogens with zero attached hydrogens (tertiary/aromatic N) is 2. The lowest BCUT2D eigenvalue weighted by Gasteiger charge is -1.89. The van der Waals surface area contributed by atoms with Gasteiger partial charge in [0.15, 0.2) is 5.82 Å². The van der Waals surface area contributed by atoms with Gasteiger partial charge in [-0.15, -0.1) is 0 Å². The van der Waals surface area contributed by atoms with Crippen molar-refractivity contribution in [3.05, 3.63) is 36.4 Å². The van der Waals surface area contributed by atoms with Crippen LogP contribution in [-0.4, -0.2) is 15.2 Å². The van der Waals surface area contributed by atoms with Crippen molar-refractivity contribution in [1.82, 2.24) is 15.2 Å². The fourth-order valence-electron chi connectivity index (χ4n) is 1.61. The summed E-state index contributed by atoms with van der Waals surface area (Å²) in [5.41, 5.74) is 1.78. The number of hydrogen-bond donors (Lipinski definition) is 1. The van der Waals surface area contributed by atoms with Crippen molar-refractivity contribution in [2.45, 2.75) is 6.92 Å².